The first kappa shape index (κ1) is 15.0. The zero-order chi connectivity index (χ0) is 15.5. The van der Waals surface area contributed by atoms with Crippen LogP contribution >= 0.6 is 0 Å². The number of rotatable bonds is 5. The third-order valence-corrected chi connectivity index (χ3v) is 4.34. The molecule has 1 unspecified atom stereocenters. The Kier molecular flexibility index (Phi) is 4.21. The van der Waals surface area contributed by atoms with E-state index in [2.05, 4.69) is 15.6 Å². The molecule has 0 aliphatic carbocycles. The van der Waals surface area contributed by atoms with Crippen LogP contribution in [0.1, 0.15) is 6.42 Å². The minimum Gasteiger partial charge on any atom is -0.480 e. The lowest BCUT2D eigenvalue weighted by molar-refractivity contribution is -0.138. The molecule has 0 bridgehead atoms. The standard InChI is InChI=1S/C14H12N2O4S/c1-2-5-12(14(17)18)16-21(19,20)13-8-3-7-11-10(13)6-4-9-15-11/h1,3-4,6-9,12,16H,5H2,(H,17,18). The van der Waals surface area contributed by atoms with Gasteiger partial charge >= 0.3 is 5.97 Å². The van der Waals surface area contributed by atoms with Crippen molar-refractivity contribution in [3.63, 3.8) is 0 Å². The summed E-state index contributed by atoms with van der Waals surface area (Å²) < 4.78 is 26.8. The van der Waals surface area contributed by atoms with Crippen molar-refractivity contribution < 1.29 is 18.3 Å². The largest absolute Gasteiger partial charge is 0.480 e. The number of aromatic nitrogens is 1. The number of nitrogens with zero attached hydrogens (tertiary/aromatic N) is 1. The van der Waals surface area contributed by atoms with E-state index in [1.54, 1.807) is 30.5 Å². The fourth-order valence-corrected chi connectivity index (χ4v) is 3.26. The average Bonchev–Trinajstić information content (AvgIpc) is 2.46. The van der Waals surface area contributed by atoms with E-state index < -0.39 is 22.0 Å². The Balaban J connectivity index is 2.47. The Bertz CT molecular complexity index is 819. The van der Waals surface area contributed by atoms with Gasteiger partial charge in [0.2, 0.25) is 10.0 Å². The summed E-state index contributed by atoms with van der Waals surface area (Å²) in [7, 11) is -4.02. The highest BCUT2D eigenvalue weighted by Crippen LogP contribution is 2.21. The zero-order valence-corrected chi connectivity index (χ0v) is 11.7. The molecule has 0 saturated heterocycles. The van der Waals surface area contributed by atoms with E-state index in [9.17, 15) is 13.2 Å². The molecule has 0 radical (unpaired) electrons. The molecule has 108 valence electrons. The molecule has 21 heavy (non-hydrogen) atoms. The van der Waals surface area contributed by atoms with Crippen LogP contribution in [0.3, 0.4) is 0 Å². The molecule has 0 aliphatic heterocycles. The molecule has 1 aromatic heterocycles. The summed E-state index contributed by atoms with van der Waals surface area (Å²) in [6.45, 7) is 0. The van der Waals surface area contributed by atoms with Gasteiger partial charge in [-0.05, 0) is 24.3 Å². The van der Waals surface area contributed by atoms with Crippen LogP contribution < -0.4 is 4.72 Å². The molecule has 0 amide bonds. The second kappa shape index (κ2) is 5.91. The number of carbonyl (C=O) groups is 1. The van der Waals surface area contributed by atoms with Gasteiger partial charge in [0, 0.05) is 18.0 Å². The lowest BCUT2D eigenvalue weighted by Crippen LogP contribution is -2.40. The number of aliphatic carboxylic acids is 1. The number of carboxylic acid groups (broad SMARTS) is 1. The molecule has 7 heteroatoms. The van der Waals surface area contributed by atoms with Crippen LogP contribution in [0.5, 0.6) is 0 Å². The van der Waals surface area contributed by atoms with Crippen LogP contribution in [0, 0.1) is 12.3 Å². The van der Waals surface area contributed by atoms with Gasteiger partial charge in [-0.15, -0.1) is 12.3 Å². The highest BCUT2D eigenvalue weighted by Gasteiger charge is 2.25. The van der Waals surface area contributed by atoms with Crippen molar-refractivity contribution in [1.82, 2.24) is 9.71 Å². The summed E-state index contributed by atoms with van der Waals surface area (Å²) in [5, 5.41) is 9.41. The minimum atomic E-state index is -4.02. The second-order valence-corrected chi connectivity index (χ2v) is 5.93. The maximum absolute atomic E-state index is 12.4. The van der Waals surface area contributed by atoms with Gasteiger partial charge in [0.25, 0.3) is 0 Å². The van der Waals surface area contributed by atoms with E-state index in [1.165, 1.54) is 6.07 Å². The topological polar surface area (TPSA) is 96.4 Å². The Morgan fingerprint density at radius 1 is 1.38 bits per heavy atom. The third kappa shape index (κ3) is 3.18. The van der Waals surface area contributed by atoms with Crippen molar-refractivity contribution >= 4 is 26.9 Å². The predicted molar refractivity (Wildman–Crippen MR) is 76.9 cm³/mol. The van der Waals surface area contributed by atoms with E-state index in [4.69, 9.17) is 11.5 Å². The maximum atomic E-state index is 12.4. The average molecular weight is 304 g/mol. The first-order valence-corrected chi connectivity index (χ1v) is 7.46. The lowest BCUT2D eigenvalue weighted by atomic mass is 10.2. The molecule has 2 N–H and O–H groups in total. The second-order valence-electron chi connectivity index (χ2n) is 4.25. The van der Waals surface area contributed by atoms with Gasteiger partial charge < -0.3 is 5.11 Å². The third-order valence-electron chi connectivity index (χ3n) is 2.81. The molecule has 1 aromatic carbocycles. The van der Waals surface area contributed by atoms with Crippen molar-refractivity contribution in [3.05, 3.63) is 36.5 Å². The maximum Gasteiger partial charge on any atom is 0.322 e. The van der Waals surface area contributed by atoms with E-state index in [-0.39, 0.29) is 11.3 Å². The van der Waals surface area contributed by atoms with Crippen molar-refractivity contribution in [2.45, 2.75) is 17.4 Å². The predicted octanol–water partition coefficient (Wildman–Crippen LogP) is 0.990. The number of pyridine rings is 1. The Morgan fingerprint density at radius 3 is 2.81 bits per heavy atom. The quantitative estimate of drug-likeness (QED) is 0.803. The molecule has 2 aromatic rings. The smallest absolute Gasteiger partial charge is 0.322 e. The van der Waals surface area contributed by atoms with Gasteiger partial charge in [-0.1, -0.05) is 6.07 Å². The highest BCUT2D eigenvalue weighted by atomic mass is 32.2. The summed E-state index contributed by atoms with van der Waals surface area (Å²) >= 11 is 0. The molecular weight excluding hydrogens is 292 g/mol. The van der Waals surface area contributed by atoms with E-state index >= 15 is 0 Å². The number of hydrogen-bond acceptors (Lipinski definition) is 4. The fourth-order valence-electron chi connectivity index (χ4n) is 1.86. The summed E-state index contributed by atoms with van der Waals surface area (Å²) in [5.74, 6) is 0.816. The molecule has 6 nitrogen and oxygen atoms in total. The van der Waals surface area contributed by atoms with E-state index in [0.29, 0.717) is 10.9 Å². The number of sulfonamides is 1. The summed E-state index contributed by atoms with van der Waals surface area (Å²) in [6, 6.07) is 6.45. The Morgan fingerprint density at radius 2 is 2.14 bits per heavy atom. The van der Waals surface area contributed by atoms with Crippen LogP contribution in [0.4, 0.5) is 0 Å². The van der Waals surface area contributed by atoms with Crippen LogP contribution in [-0.4, -0.2) is 30.5 Å². The number of hydrogen-bond donors (Lipinski definition) is 2. The molecule has 0 fully saturated rings. The lowest BCUT2D eigenvalue weighted by Gasteiger charge is -2.13. The van der Waals surface area contributed by atoms with Crippen LogP contribution in [0.15, 0.2) is 41.4 Å². The van der Waals surface area contributed by atoms with Crippen molar-refractivity contribution in [1.29, 1.82) is 0 Å². The zero-order valence-electron chi connectivity index (χ0n) is 10.9. The number of terminal acetylenes is 1. The number of nitrogens with one attached hydrogen (secondary N) is 1. The summed E-state index contributed by atoms with van der Waals surface area (Å²) in [4.78, 5) is 15.1. The summed E-state index contributed by atoms with van der Waals surface area (Å²) in [5.41, 5.74) is 0.504. The molecule has 0 aliphatic rings. The molecule has 1 atom stereocenters. The minimum absolute atomic E-state index is 0.0311. The van der Waals surface area contributed by atoms with Gasteiger partial charge in [-0.25, -0.2) is 8.42 Å². The number of carboxylic acids is 1. The van der Waals surface area contributed by atoms with Gasteiger partial charge in [0.05, 0.1) is 10.4 Å². The molecule has 0 saturated carbocycles. The highest BCUT2D eigenvalue weighted by molar-refractivity contribution is 7.89. The van der Waals surface area contributed by atoms with E-state index in [1.807, 2.05) is 0 Å². The summed E-state index contributed by atoms with van der Waals surface area (Å²) in [6.07, 6.45) is 6.36. The van der Waals surface area contributed by atoms with Gasteiger partial charge in [0.15, 0.2) is 0 Å². The van der Waals surface area contributed by atoms with Crippen LogP contribution in [0.25, 0.3) is 10.9 Å². The first-order valence-electron chi connectivity index (χ1n) is 5.98. The monoisotopic (exact) mass is 304 g/mol. The van der Waals surface area contributed by atoms with Gasteiger partial charge in [-0.2, -0.15) is 4.72 Å². The van der Waals surface area contributed by atoms with Crippen molar-refractivity contribution in [3.8, 4) is 12.3 Å². The van der Waals surface area contributed by atoms with Crippen LogP contribution in [-0.2, 0) is 14.8 Å². The fraction of sp³-hybridized carbons (Fsp3) is 0.143. The number of benzene rings is 1. The Hall–Kier alpha value is -2.43. The first-order chi connectivity index (χ1) is 9.95. The van der Waals surface area contributed by atoms with Crippen molar-refractivity contribution in [2.75, 3.05) is 0 Å². The number of fused-ring (bicyclic) bond motifs is 1. The molecule has 2 rings (SSSR count). The normalized spacial score (nSPS) is 12.7. The van der Waals surface area contributed by atoms with Crippen molar-refractivity contribution in [2.24, 2.45) is 0 Å². The van der Waals surface area contributed by atoms with Gasteiger partial charge in [0.1, 0.15) is 6.04 Å². The molecule has 0 spiro atoms. The van der Waals surface area contributed by atoms with E-state index in [0.717, 1.165) is 0 Å². The molecular formula is C14H12N2O4S. The Labute approximate surface area is 121 Å². The van der Waals surface area contributed by atoms with Gasteiger partial charge in [-0.3, -0.25) is 9.78 Å². The molecule has 1 heterocycles. The van der Waals surface area contributed by atoms with Crippen LogP contribution in [0.2, 0.25) is 0 Å². The SMILES string of the molecule is C#CCC(NS(=O)(=O)c1cccc2ncccc12)C(=O)O.